The number of nitrogens with zero attached hydrogens (tertiary/aromatic N) is 6. The van der Waals surface area contributed by atoms with E-state index in [0.29, 0.717) is 36.1 Å². The Labute approximate surface area is 280 Å². The predicted octanol–water partition coefficient (Wildman–Crippen LogP) is 7.30. The molecule has 0 saturated carbocycles. The third-order valence-corrected chi connectivity index (χ3v) is 8.98. The molecule has 1 aromatic heterocycles. The van der Waals surface area contributed by atoms with Crippen molar-refractivity contribution in [3.8, 4) is 5.75 Å². The maximum atomic E-state index is 13.1. The number of amides is 1. The van der Waals surface area contributed by atoms with Gasteiger partial charge in [0.05, 0.1) is 12.1 Å². The molecule has 2 N–H and O–H groups in total. The highest BCUT2D eigenvalue weighted by Crippen LogP contribution is 2.41. The molecule has 1 fully saturated rings. The van der Waals surface area contributed by atoms with Gasteiger partial charge < -0.3 is 20.4 Å². The van der Waals surface area contributed by atoms with Gasteiger partial charge in [-0.1, -0.05) is 91.0 Å². The zero-order valence-electron chi connectivity index (χ0n) is 26.7. The molecule has 0 unspecified atom stereocenters. The molecule has 0 spiro atoms. The highest BCUT2D eigenvalue weighted by Gasteiger charge is 2.37. The molecule has 9 nitrogen and oxygen atoms in total. The molecule has 5 aromatic rings. The fraction of sp³-hybridized carbons (Fsp3) is 0.205. The number of ether oxygens (including phenoxy) is 1. The summed E-state index contributed by atoms with van der Waals surface area (Å²) in [6, 6.07) is 40.1. The zero-order chi connectivity index (χ0) is 32.8. The van der Waals surface area contributed by atoms with Crippen LogP contribution in [0.5, 0.6) is 5.75 Å². The van der Waals surface area contributed by atoms with Gasteiger partial charge in [0.1, 0.15) is 6.61 Å². The summed E-state index contributed by atoms with van der Waals surface area (Å²) in [5, 5.41) is 13.8. The summed E-state index contributed by atoms with van der Waals surface area (Å²) in [5.41, 5.74) is 4.17. The van der Waals surface area contributed by atoms with E-state index in [0.717, 1.165) is 53.9 Å². The third kappa shape index (κ3) is 6.02. The minimum atomic E-state index is -0.933. The average molecular weight is 636 g/mol. The first-order chi connectivity index (χ1) is 23.7. The largest absolute Gasteiger partial charge is 0.488 e. The fourth-order valence-corrected chi connectivity index (χ4v) is 6.53. The minimum Gasteiger partial charge on any atom is -0.488 e. The number of anilines is 2. The van der Waals surface area contributed by atoms with Crippen molar-refractivity contribution in [3.63, 3.8) is 0 Å². The summed E-state index contributed by atoms with van der Waals surface area (Å²) >= 11 is 0. The monoisotopic (exact) mass is 635 g/mol. The molecule has 1 amide bonds. The van der Waals surface area contributed by atoms with Gasteiger partial charge >= 0.3 is 0 Å². The van der Waals surface area contributed by atoms with Crippen LogP contribution in [0.3, 0.4) is 0 Å². The van der Waals surface area contributed by atoms with E-state index in [1.807, 2.05) is 89.8 Å². The second kappa shape index (κ2) is 13.9. The molecule has 7 rings (SSSR count). The minimum absolute atomic E-state index is 0.00801. The summed E-state index contributed by atoms with van der Waals surface area (Å²) in [6.07, 6.45) is 4.90. The number of hydrogen-bond acceptors (Lipinski definition) is 7. The normalized spacial score (nSPS) is 15.2. The van der Waals surface area contributed by atoms with Crippen molar-refractivity contribution in [1.82, 2.24) is 9.88 Å². The van der Waals surface area contributed by atoms with E-state index in [2.05, 4.69) is 51.4 Å². The average Bonchev–Trinajstić information content (AvgIpc) is 3.17. The number of hydrogen-bond donors (Lipinski definition) is 1. The number of hydrazone groups is 1. The lowest BCUT2D eigenvalue weighted by atomic mass is 9.78. The molecule has 48 heavy (non-hydrogen) atoms. The number of likely N-dealkylation sites (tertiary alicyclic amines) is 1. The molecule has 9 heteroatoms. The van der Waals surface area contributed by atoms with Crippen LogP contribution in [-0.2, 0) is 5.54 Å². The SMILES string of the molecule is NN=C(N=NC(c1ccccc1)(c1ccccc1)c1ccccc1)c1ccc(N2CCOc3cc(C(=O)N4CCCCC4)cnc32)cc1. The molecule has 2 aliphatic heterocycles. The highest BCUT2D eigenvalue weighted by molar-refractivity contribution is 5.99. The smallest absolute Gasteiger partial charge is 0.255 e. The Kier molecular flexibility index (Phi) is 8.91. The van der Waals surface area contributed by atoms with E-state index in [1.165, 1.54) is 6.42 Å². The van der Waals surface area contributed by atoms with Gasteiger partial charge in [-0.25, -0.2) is 4.98 Å². The number of pyridine rings is 1. The number of benzene rings is 4. The number of rotatable bonds is 7. The lowest BCUT2D eigenvalue weighted by Gasteiger charge is -2.31. The van der Waals surface area contributed by atoms with Crippen LogP contribution in [0.4, 0.5) is 11.5 Å². The summed E-state index contributed by atoms with van der Waals surface area (Å²) < 4.78 is 5.97. The van der Waals surface area contributed by atoms with Crippen molar-refractivity contribution >= 4 is 23.2 Å². The molecule has 0 atom stereocenters. The quantitative estimate of drug-likeness (QED) is 0.0504. The van der Waals surface area contributed by atoms with Crippen LogP contribution in [-0.4, -0.2) is 47.9 Å². The Morgan fingerprint density at radius 1 is 0.729 bits per heavy atom. The molecule has 0 radical (unpaired) electrons. The molecule has 4 aromatic carbocycles. The van der Waals surface area contributed by atoms with Gasteiger partial charge in [0.25, 0.3) is 5.91 Å². The molecule has 2 aliphatic rings. The number of nitrogens with two attached hydrogens (primary N) is 1. The van der Waals surface area contributed by atoms with Crippen molar-refractivity contribution in [2.24, 2.45) is 21.2 Å². The van der Waals surface area contributed by atoms with Gasteiger partial charge in [0, 0.05) is 30.5 Å². The topological polar surface area (TPSA) is 109 Å². The Hall–Kier alpha value is -5.83. The van der Waals surface area contributed by atoms with Gasteiger partial charge in [-0.2, -0.15) is 10.2 Å². The molecule has 1 saturated heterocycles. The summed E-state index contributed by atoms with van der Waals surface area (Å²) in [4.78, 5) is 21.8. The van der Waals surface area contributed by atoms with Gasteiger partial charge in [-0.3, -0.25) is 4.79 Å². The van der Waals surface area contributed by atoms with Crippen LogP contribution in [0, 0.1) is 0 Å². The fourth-order valence-electron chi connectivity index (χ4n) is 6.53. The first-order valence-corrected chi connectivity index (χ1v) is 16.3. The number of azo groups is 1. The van der Waals surface area contributed by atoms with E-state index < -0.39 is 5.54 Å². The Morgan fingerprint density at radius 2 is 1.31 bits per heavy atom. The first-order valence-electron chi connectivity index (χ1n) is 16.3. The van der Waals surface area contributed by atoms with Crippen LogP contribution in [0.2, 0.25) is 0 Å². The molecular weight excluding hydrogens is 598 g/mol. The van der Waals surface area contributed by atoms with E-state index >= 15 is 0 Å². The number of aromatic nitrogens is 1. The van der Waals surface area contributed by atoms with Crippen molar-refractivity contribution < 1.29 is 9.53 Å². The van der Waals surface area contributed by atoms with Crippen LogP contribution in [0.1, 0.15) is 51.9 Å². The van der Waals surface area contributed by atoms with E-state index in [-0.39, 0.29) is 5.91 Å². The van der Waals surface area contributed by atoms with Crippen molar-refractivity contribution in [2.75, 3.05) is 31.1 Å². The molecule has 240 valence electrons. The van der Waals surface area contributed by atoms with E-state index in [4.69, 9.17) is 20.8 Å². The van der Waals surface area contributed by atoms with Crippen molar-refractivity contribution in [1.29, 1.82) is 0 Å². The predicted molar refractivity (Wildman–Crippen MR) is 188 cm³/mol. The third-order valence-electron chi connectivity index (χ3n) is 8.98. The standard InChI is InChI=1S/C39H37N7O2/c40-42-36(43-44-39(31-13-5-1-6-14-31,32-15-7-2-8-16-32)33-17-9-3-10-18-33)29-19-21-34(22-20-29)46-25-26-48-35-27-30(28-41-37(35)46)38(47)45-23-11-4-12-24-45/h1-3,5-10,13-22,27-28H,4,11-12,23-26,40H2. The van der Waals surface area contributed by atoms with Crippen molar-refractivity contribution in [3.05, 3.63) is 155 Å². The highest BCUT2D eigenvalue weighted by atomic mass is 16.5. The lowest BCUT2D eigenvalue weighted by molar-refractivity contribution is 0.0723. The summed E-state index contributed by atoms with van der Waals surface area (Å²) in [7, 11) is 0. The van der Waals surface area contributed by atoms with Crippen LogP contribution in [0.15, 0.2) is 143 Å². The lowest BCUT2D eigenvalue weighted by Crippen LogP contribution is -2.36. The maximum Gasteiger partial charge on any atom is 0.255 e. The Bertz CT molecular complexity index is 1810. The molecular formula is C39H37N7O2. The molecule has 3 heterocycles. The second-order valence-electron chi connectivity index (χ2n) is 11.9. The van der Waals surface area contributed by atoms with Crippen LogP contribution < -0.4 is 15.5 Å². The van der Waals surface area contributed by atoms with Gasteiger partial charge in [-0.05, 0) is 66.3 Å². The van der Waals surface area contributed by atoms with Gasteiger partial charge in [-0.15, -0.1) is 5.11 Å². The molecule has 0 aliphatic carbocycles. The number of carbonyl (C=O) groups is 1. The van der Waals surface area contributed by atoms with E-state index in [9.17, 15) is 4.79 Å². The maximum absolute atomic E-state index is 13.1. The number of fused-ring (bicyclic) bond motifs is 1. The number of piperidine rings is 1. The Balaban J connectivity index is 1.18. The van der Waals surface area contributed by atoms with Crippen LogP contribution >= 0.6 is 0 Å². The first kappa shape index (κ1) is 30.8. The van der Waals surface area contributed by atoms with E-state index in [1.54, 1.807) is 6.20 Å². The molecule has 0 bridgehead atoms. The number of carbonyl (C=O) groups excluding carboxylic acids is 1. The summed E-state index contributed by atoms with van der Waals surface area (Å²) in [5.74, 6) is 7.54. The van der Waals surface area contributed by atoms with Crippen LogP contribution in [0.25, 0.3) is 0 Å². The summed E-state index contributed by atoms with van der Waals surface area (Å²) in [6.45, 7) is 2.66. The zero-order valence-corrected chi connectivity index (χ0v) is 26.7. The van der Waals surface area contributed by atoms with Gasteiger partial charge in [0.2, 0.25) is 0 Å². The van der Waals surface area contributed by atoms with Gasteiger partial charge in [0.15, 0.2) is 22.9 Å². The second-order valence-corrected chi connectivity index (χ2v) is 11.9. The Morgan fingerprint density at radius 3 is 1.88 bits per heavy atom. The van der Waals surface area contributed by atoms with Crippen molar-refractivity contribution in [2.45, 2.75) is 24.8 Å². The number of amidine groups is 1.